The highest BCUT2D eigenvalue weighted by molar-refractivity contribution is 6.32. The Balaban J connectivity index is 1.43. The largest absolute Gasteiger partial charge is 0.508 e. The first-order valence-corrected chi connectivity index (χ1v) is 16.1. The number of nitrogens with one attached hydrogen (secondary N) is 1. The maximum Gasteiger partial charge on any atom is 0.305 e. The quantitative estimate of drug-likeness (QED) is 0.224. The fourth-order valence-electron chi connectivity index (χ4n) is 8.24. The van der Waals surface area contributed by atoms with Gasteiger partial charge in [-0.3, -0.25) is 34.3 Å². The molecule has 48 heavy (non-hydrogen) atoms. The Hall–Kier alpha value is -4.74. The van der Waals surface area contributed by atoms with Crippen LogP contribution >= 0.6 is 23.2 Å². The number of carboxylic acid groups (broad SMARTS) is 1. The number of phenols is 1. The average Bonchev–Trinajstić information content (AvgIpc) is 3.42. The number of hydrogen-bond donors (Lipinski definition) is 3. The Morgan fingerprint density at radius 1 is 0.938 bits per heavy atom. The van der Waals surface area contributed by atoms with Crippen LogP contribution in [0.5, 0.6) is 5.75 Å². The van der Waals surface area contributed by atoms with Gasteiger partial charge in [0, 0.05) is 22.5 Å². The van der Waals surface area contributed by atoms with E-state index < -0.39 is 76.8 Å². The van der Waals surface area contributed by atoms with E-state index in [2.05, 4.69) is 5.43 Å². The topological polar surface area (TPSA) is 144 Å². The predicted octanol–water partition coefficient (Wildman–Crippen LogP) is 5.30. The number of nitrogens with zero attached hydrogens (tertiary/aromatic N) is 2. The van der Waals surface area contributed by atoms with Crippen LogP contribution in [0.1, 0.15) is 36.3 Å². The third kappa shape index (κ3) is 4.78. The van der Waals surface area contributed by atoms with Crippen LogP contribution in [0.2, 0.25) is 10.0 Å². The number of halogens is 3. The lowest BCUT2D eigenvalue weighted by molar-refractivity contribution is -0.143. The highest BCUT2D eigenvalue weighted by Gasteiger charge is 2.70. The third-order valence-corrected chi connectivity index (χ3v) is 10.8. The summed E-state index contributed by atoms with van der Waals surface area (Å²) in [5.74, 6) is -8.34. The standard InChI is InChI=1S/C35H28Cl2FN3O7/c36-18-3-1-17(2-4-18)35-26(32(46)41(34(35)48)39-20-7-5-19(38)6-8-20)16-25-22(30(35)23-10-9-21(42)15-27(23)37)11-12-24-29(25)33(47)40(31(24)45)14-13-28(43)44/h1-11,15,24-26,29-30,39,42H,12-14,16H2,(H,43,44)/t24-,25+,26-,29-,30+,35+/m0/s1. The molecule has 3 N–H and O–H groups in total. The van der Waals surface area contributed by atoms with Gasteiger partial charge in [0.25, 0.3) is 11.8 Å². The number of phenolic OH excluding ortho intramolecular Hbond substituents is 1. The highest BCUT2D eigenvalue weighted by atomic mass is 35.5. The summed E-state index contributed by atoms with van der Waals surface area (Å²) in [5.41, 5.74) is 3.05. The molecule has 0 aromatic heterocycles. The molecule has 2 saturated heterocycles. The molecule has 1 saturated carbocycles. The number of aliphatic carboxylic acids is 1. The Labute approximate surface area is 283 Å². The van der Waals surface area contributed by atoms with Crippen LogP contribution in [-0.2, 0) is 29.4 Å². The van der Waals surface area contributed by atoms with Crippen LogP contribution in [0.3, 0.4) is 0 Å². The molecule has 246 valence electrons. The molecule has 0 spiro atoms. The molecule has 3 fully saturated rings. The second kappa shape index (κ2) is 11.7. The summed E-state index contributed by atoms with van der Waals surface area (Å²) in [5, 5.41) is 21.0. The number of likely N-dealkylation sites (tertiary alicyclic amines) is 1. The molecule has 6 atom stereocenters. The van der Waals surface area contributed by atoms with E-state index in [4.69, 9.17) is 23.2 Å². The third-order valence-electron chi connectivity index (χ3n) is 10.2. The molecule has 2 aliphatic heterocycles. The van der Waals surface area contributed by atoms with Crippen molar-refractivity contribution in [1.82, 2.24) is 9.91 Å². The van der Waals surface area contributed by atoms with Crippen LogP contribution in [0.15, 0.2) is 78.4 Å². The summed E-state index contributed by atoms with van der Waals surface area (Å²) in [6.45, 7) is -0.278. The van der Waals surface area contributed by atoms with Gasteiger partial charge in [-0.25, -0.2) is 4.39 Å². The second-order valence-electron chi connectivity index (χ2n) is 12.6. The Kier molecular flexibility index (Phi) is 7.79. The molecule has 3 aromatic rings. The number of carboxylic acids is 1. The first-order chi connectivity index (χ1) is 22.9. The van der Waals surface area contributed by atoms with Crippen molar-refractivity contribution in [2.75, 3.05) is 12.0 Å². The average molecular weight is 693 g/mol. The number of benzene rings is 3. The number of imide groups is 2. The number of aromatic hydroxyl groups is 1. The minimum absolute atomic E-state index is 0.0137. The molecule has 2 aliphatic carbocycles. The zero-order valence-electron chi connectivity index (χ0n) is 25.1. The zero-order valence-corrected chi connectivity index (χ0v) is 26.6. The predicted molar refractivity (Wildman–Crippen MR) is 171 cm³/mol. The van der Waals surface area contributed by atoms with Crippen molar-refractivity contribution in [3.63, 3.8) is 0 Å². The van der Waals surface area contributed by atoms with Crippen LogP contribution < -0.4 is 5.43 Å². The summed E-state index contributed by atoms with van der Waals surface area (Å²) in [6, 6.07) is 16.1. The van der Waals surface area contributed by atoms with Crippen LogP contribution in [0.4, 0.5) is 10.1 Å². The minimum atomic E-state index is -1.63. The lowest BCUT2D eigenvalue weighted by Gasteiger charge is -2.50. The molecule has 3 aromatic carbocycles. The van der Waals surface area contributed by atoms with E-state index in [1.807, 2.05) is 6.08 Å². The van der Waals surface area contributed by atoms with Gasteiger partial charge in [0.2, 0.25) is 11.8 Å². The smallest absolute Gasteiger partial charge is 0.305 e. The fraction of sp³-hybridized carbons (Fsp3) is 0.286. The number of amides is 4. The second-order valence-corrected chi connectivity index (χ2v) is 13.4. The van der Waals surface area contributed by atoms with Gasteiger partial charge in [-0.2, -0.15) is 5.01 Å². The van der Waals surface area contributed by atoms with Gasteiger partial charge in [-0.15, -0.1) is 0 Å². The number of fused-ring (bicyclic) bond motifs is 4. The molecule has 13 heteroatoms. The van der Waals surface area contributed by atoms with Gasteiger partial charge in [0.05, 0.1) is 35.3 Å². The number of carbonyl (C=O) groups is 5. The summed E-state index contributed by atoms with van der Waals surface area (Å²) in [6.07, 6.45) is 1.60. The van der Waals surface area contributed by atoms with Gasteiger partial charge in [-0.05, 0) is 78.4 Å². The van der Waals surface area contributed by atoms with Gasteiger partial charge in [0.15, 0.2) is 0 Å². The number of hydrazine groups is 1. The van der Waals surface area contributed by atoms with E-state index in [1.165, 1.54) is 36.4 Å². The van der Waals surface area contributed by atoms with Crippen molar-refractivity contribution < 1.29 is 38.6 Å². The molecule has 0 bridgehead atoms. The fourth-order valence-corrected chi connectivity index (χ4v) is 8.65. The molecule has 10 nitrogen and oxygen atoms in total. The van der Waals surface area contributed by atoms with Gasteiger partial charge >= 0.3 is 5.97 Å². The summed E-state index contributed by atoms with van der Waals surface area (Å²) < 4.78 is 13.8. The normalized spacial score (nSPS) is 27.8. The summed E-state index contributed by atoms with van der Waals surface area (Å²) in [7, 11) is 0. The van der Waals surface area contributed by atoms with Crippen molar-refractivity contribution in [2.45, 2.75) is 30.6 Å². The molecular weight excluding hydrogens is 664 g/mol. The van der Waals surface area contributed by atoms with E-state index in [0.717, 1.165) is 9.91 Å². The SMILES string of the molecule is O=C(O)CCN1C(=O)[C@H]2[C@H](CC=C3[C@H]2C[C@H]2C(=O)N(Nc4ccc(F)cc4)C(=O)[C@@]2(c2ccc(Cl)cc2)[C@H]3c2ccc(O)cc2Cl)C1=O. The number of anilines is 1. The Morgan fingerprint density at radius 3 is 2.31 bits per heavy atom. The van der Waals surface area contributed by atoms with E-state index in [0.29, 0.717) is 21.7 Å². The number of allylic oxidation sites excluding steroid dienone is 2. The maximum absolute atomic E-state index is 15.0. The van der Waals surface area contributed by atoms with Crippen molar-refractivity contribution in [2.24, 2.45) is 23.7 Å². The van der Waals surface area contributed by atoms with E-state index in [1.54, 1.807) is 30.3 Å². The Bertz CT molecular complexity index is 1920. The molecule has 0 unspecified atom stereocenters. The first kappa shape index (κ1) is 31.8. The molecule has 7 rings (SSSR count). The van der Waals surface area contributed by atoms with Crippen LogP contribution in [0, 0.1) is 29.5 Å². The lowest BCUT2D eigenvalue weighted by Crippen LogP contribution is -2.53. The number of rotatable bonds is 7. The maximum atomic E-state index is 15.0. The molecule has 0 radical (unpaired) electrons. The van der Waals surface area contributed by atoms with Crippen molar-refractivity contribution >= 4 is 58.5 Å². The first-order valence-electron chi connectivity index (χ1n) is 15.4. The van der Waals surface area contributed by atoms with Gasteiger partial charge < -0.3 is 10.2 Å². The van der Waals surface area contributed by atoms with E-state index in [-0.39, 0.29) is 35.8 Å². The number of hydrogen-bond acceptors (Lipinski definition) is 7. The molecule has 4 amide bonds. The molecular formula is C35H28Cl2FN3O7. The Morgan fingerprint density at radius 2 is 1.65 bits per heavy atom. The summed E-state index contributed by atoms with van der Waals surface area (Å²) in [4.78, 5) is 69.3. The minimum Gasteiger partial charge on any atom is -0.508 e. The van der Waals surface area contributed by atoms with Crippen LogP contribution in [0.25, 0.3) is 0 Å². The highest BCUT2D eigenvalue weighted by Crippen LogP contribution is 2.64. The molecule has 4 aliphatic rings. The van der Waals surface area contributed by atoms with Crippen molar-refractivity contribution in [1.29, 1.82) is 0 Å². The zero-order chi connectivity index (χ0) is 34.1. The lowest BCUT2D eigenvalue weighted by atomic mass is 9.49. The molecule has 2 heterocycles. The van der Waals surface area contributed by atoms with Crippen molar-refractivity contribution in [3.05, 3.63) is 105 Å². The number of carbonyl (C=O) groups excluding carboxylic acids is 4. The van der Waals surface area contributed by atoms with E-state index >= 15 is 4.79 Å². The van der Waals surface area contributed by atoms with E-state index in [9.17, 15) is 33.8 Å². The van der Waals surface area contributed by atoms with Gasteiger partial charge in [0.1, 0.15) is 11.6 Å². The van der Waals surface area contributed by atoms with Crippen molar-refractivity contribution in [3.8, 4) is 5.75 Å². The summed E-state index contributed by atoms with van der Waals surface area (Å²) >= 11 is 13.1. The monoisotopic (exact) mass is 691 g/mol. The van der Waals surface area contributed by atoms with Gasteiger partial charge in [-0.1, -0.05) is 53.1 Å². The van der Waals surface area contributed by atoms with Crippen LogP contribution in [-0.4, -0.2) is 56.3 Å².